The summed E-state index contributed by atoms with van der Waals surface area (Å²) in [4.78, 5) is 9.24. The molecule has 2 aromatic carbocycles. The third kappa shape index (κ3) is 3.49. The number of anilines is 1. The lowest BCUT2D eigenvalue weighted by molar-refractivity contribution is 0.356. The highest BCUT2D eigenvalue weighted by atomic mass is 16.5. The van der Waals surface area contributed by atoms with E-state index in [4.69, 9.17) is 9.47 Å². The molecule has 1 aliphatic carbocycles. The van der Waals surface area contributed by atoms with Crippen molar-refractivity contribution < 1.29 is 9.47 Å². The number of hydrogen-bond donors (Lipinski definition) is 1. The van der Waals surface area contributed by atoms with Gasteiger partial charge in [-0.1, -0.05) is 18.2 Å². The summed E-state index contributed by atoms with van der Waals surface area (Å²) in [5.41, 5.74) is 5.12. The molecule has 0 radical (unpaired) electrons. The van der Waals surface area contributed by atoms with Crippen molar-refractivity contribution in [3.05, 3.63) is 52.8 Å². The zero-order valence-corrected chi connectivity index (χ0v) is 17.0. The molecule has 1 unspecified atom stereocenters. The Labute approximate surface area is 166 Å². The van der Waals surface area contributed by atoms with Crippen LogP contribution in [0.4, 0.5) is 5.82 Å². The Kier molecular flexibility index (Phi) is 5.07. The molecular formula is C23H27N3O2. The van der Waals surface area contributed by atoms with Crippen molar-refractivity contribution in [2.24, 2.45) is 0 Å². The Bertz CT molecular complexity index is 1020. The normalized spacial score (nSPS) is 14.4. The van der Waals surface area contributed by atoms with Gasteiger partial charge in [0.15, 0.2) is 11.5 Å². The molecule has 146 valence electrons. The Morgan fingerprint density at radius 2 is 1.64 bits per heavy atom. The molecule has 0 aliphatic heterocycles. The van der Waals surface area contributed by atoms with Crippen LogP contribution in [-0.4, -0.2) is 24.2 Å². The molecule has 3 aromatic rings. The van der Waals surface area contributed by atoms with Gasteiger partial charge in [0.2, 0.25) is 0 Å². The fourth-order valence-electron chi connectivity index (χ4n) is 3.99. The summed E-state index contributed by atoms with van der Waals surface area (Å²) in [6.07, 6.45) is 4.98. The van der Waals surface area contributed by atoms with Crippen molar-refractivity contribution >= 4 is 16.7 Å². The SMILES string of the molecule is COc1cc2nc(C)nc(NC(C)c3ccc4c(c3)CCCC4)c2cc1OC. The monoisotopic (exact) mass is 377 g/mol. The van der Waals surface area contributed by atoms with Crippen LogP contribution >= 0.6 is 0 Å². The van der Waals surface area contributed by atoms with Crippen LogP contribution in [0.3, 0.4) is 0 Å². The molecule has 0 spiro atoms. The summed E-state index contributed by atoms with van der Waals surface area (Å²) in [7, 11) is 3.27. The maximum absolute atomic E-state index is 5.47. The number of fused-ring (bicyclic) bond motifs is 2. The summed E-state index contributed by atoms with van der Waals surface area (Å²) < 4.78 is 10.9. The molecule has 1 aromatic heterocycles. The van der Waals surface area contributed by atoms with Gasteiger partial charge in [-0.3, -0.25) is 0 Å². The van der Waals surface area contributed by atoms with Gasteiger partial charge in [-0.15, -0.1) is 0 Å². The molecule has 5 nitrogen and oxygen atoms in total. The largest absolute Gasteiger partial charge is 0.493 e. The van der Waals surface area contributed by atoms with E-state index in [0.717, 1.165) is 22.5 Å². The molecule has 0 saturated heterocycles. The maximum atomic E-state index is 5.47. The smallest absolute Gasteiger partial charge is 0.162 e. The van der Waals surface area contributed by atoms with E-state index in [2.05, 4.69) is 40.4 Å². The Morgan fingerprint density at radius 1 is 0.929 bits per heavy atom. The molecule has 1 atom stereocenters. The van der Waals surface area contributed by atoms with Crippen LogP contribution in [0.5, 0.6) is 11.5 Å². The third-order valence-electron chi connectivity index (χ3n) is 5.54. The van der Waals surface area contributed by atoms with Gasteiger partial charge >= 0.3 is 0 Å². The number of aryl methyl sites for hydroxylation is 3. The minimum Gasteiger partial charge on any atom is -0.493 e. The lowest BCUT2D eigenvalue weighted by Gasteiger charge is -2.21. The van der Waals surface area contributed by atoms with E-state index in [-0.39, 0.29) is 6.04 Å². The number of ether oxygens (including phenoxy) is 2. The highest BCUT2D eigenvalue weighted by Crippen LogP contribution is 2.35. The van der Waals surface area contributed by atoms with Crippen molar-refractivity contribution in [2.45, 2.75) is 45.6 Å². The van der Waals surface area contributed by atoms with Crippen molar-refractivity contribution in [3.63, 3.8) is 0 Å². The van der Waals surface area contributed by atoms with Gasteiger partial charge in [-0.05, 0) is 62.3 Å². The van der Waals surface area contributed by atoms with Crippen LogP contribution in [0.1, 0.15) is 48.3 Å². The number of aromatic nitrogens is 2. The van der Waals surface area contributed by atoms with E-state index in [9.17, 15) is 0 Å². The summed E-state index contributed by atoms with van der Waals surface area (Å²) in [6, 6.07) is 10.9. The van der Waals surface area contributed by atoms with E-state index in [1.807, 2.05) is 19.1 Å². The first kappa shape index (κ1) is 18.5. The number of nitrogens with one attached hydrogen (secondary N) is 1. The third-order valence-corrected chi connectivity index (χ3v) is 5.54. The van der Waals surface area contributed by atoms with Gasteiger partial charge in [0.05, 0.1) is 19.7 Å². The fourth-order valence-corrected chi connectivity index (χ4v) is 3.99. The first-order valence-electron chi connectivity index (χ1n) is 9.87. The van der Waals surface area contributed by atoms with Crippen LogP contribution in [0.2, 0.25) is 0 Å². The van der Waals surface area contributed by atoms with Crippen LogP contribution < -0.4 is 14.8 Å². The first-order valence-corrected chi connectivity index (χ1v) is 9.87. The number of methoxy groups -OCH3 is 2. The zero-order valence-electron chi connectivity index (χ0n) is 17.0. The second kappa shape index (κ2) is 7.66. The summed E-state index contributed by atoms with van der Waals surface area (Å²) in [6.45, 7) is 4.08. The average Bonchev–Trinajstić information content (AvgIpc) is 2.72. The van der Waals surface area contributed by atoms with Gasteiger partial charge in [0.1, 0.15) is 11.6 Å². The summed E-state index contributed by atoms with van der Waals surface area (Å²) in [5, 5.41) is 4.51. The molecule has 0 saturated carbocycles. The zero-order chi connectivity index (χ0) is 19.7. The minimum absolute atomic E-state index is 0.137. The van der Waals surface area contributed by atoms with Crippen molar-refractivity contribution in [2.75, 3.05) is 19.5 Å². The molecule has 1 heterocycles. The number of benzene rings is 2. The molecule has 4 rings (SSSR count). The minimum atomic E-state index is 0.137. The Hall–Kier alpha value is -2.82. The van der Waals surface area contributed by atoms with Crippen molar-refractivity contribution in [1.82, 2.24) is 9.97 Å². The first-order chi connectivity index (χ1) is 13.6. The topological polar surface area (TPSA) is 56.3 Å². The second-order valence-corrected chi connectivity index (χ2v) is 7.45. The predicted molar refractivity (Wildman–Crippen MR) is 113 cm³/mol. The van der Waals surface area contributed by atoms with E-state index >= 15 is 0 Å². The highest BCUT2D eigenvalue weighted by Gasteiger charge is 2.16. The van der Waals surface area contributed by atoms with Crippen LogP contribution in [0, 0.1) is 6.92 Å². The quantitative estimate of drug-likeness (QED) is 0.677. The van der Waals surface area contributed by atoms with Gasteiger partial charge in [0.25, 0.3) is 0 Å². The number of nitrogens with zero attached hydrogens (tertiary/aromatic N) is 2. The van der Waals surface area contributed by atoms with E-state index in [1.54, 1.807) is 14.2 Å². The highest BCUT2D eigenvalue weighted by molar-refractivity contribution is 5.92. The molecule has 1 aliphatic rings. The summed E-state index contributed by atoms with van der Waals surface area (Å²) >= 11 is 0. The van der Waals surface area contributed by atoms with Gasteiger partial charge < -0.3 is 14.8 Å². The molecule has 0 bridgehead atoms. The van der Waals surface area contributed by atoms with Crippen LogP contribution in [0.15, 0.2) is 30.3 Å². The average molecular weight is 377 g/mol. The molecule has 1 N–H and O–H groups in total. The van der Waals surface area contributed by atoms with Gasteiger partial charge in [-0.2, -0.15) is 0 Å². The molecule has 5 heteroatoms. The van der Waals surface area contributed by atoms with Gasteiger partial charge in [-0.25, -0.2) is 9.97 Å². The summed E-state index contributed by atoms with van der Waals surface area (Å²) in [5.74, 6) is 2.88. The van der Waals surface area contributed by atoms with Crippen LogP contribution in [-0.2, 0) is 12.8 Å². The molecule has 0 fully saturated rings. The molecule has 28 heavy (non-hydrogen) atoms. The van der Waals surface area contributed by atoms with Gasteiger partial charge in [0, 0.05) is 17.5 Å². The van der Waals surface area contributed by atoms with Crippen LogP contribution in [0.25, 0.3) is 10.9 Å². The fraction of sp³-hybridized carbons (Fsp3) is 0.391. The Morgan fingerprint density at radius 3 is 2.39 bits per heavy atom. The van der Waals surface area contributed by atoms with E-state index in [1.165, 1.54) is 42.4 Å². The maximum Gasteiger partial charge on any atom is 0.162 e. The number of hydrogen-bond acceptors (Lipinski definition) is 5. The lowest BCUT2D eigenvalue weighted by atomic mass is 9.89. The molecular weight excluding hydrogens is 350 g/mol. The molecule has 0 amide bonds. The lowest BCUT2D eigenvalue weighted by Crippen LogP contribution is -2.11. The second-order valence-electron chi connectivity index (χ2n) is 7.45. The Balaban J connectivity index is 1.70. The number of rotatable bonds is 5. The van der Waals surface area contributed by atoms with Crippen molar-refractivity contribution in [1.29, 1.82) is 0 Å². The standard InChI is InChI=1S/C23H27N3O2/c1-14(17-10-9-16-7-5-6-8-18(16)11-17)24-23-19-12-21(27-3)22(28-4)13-20(19)25-15(2)26-23/h9-14H,5-8H2,1-4H3,(H,24,25,26). The van der Waals surface area contributed by atoms with E-state index in [0.29, 0.717) is 11.5 Å². The predicted octanol–water partition coefficient (Wildman–Crippen LogP) is 5.01. The van der Waals surface area contributed by atoms with Crippen molar-refractivity contribution in [3.8, 4) is 11.5 Å². The van der Waals surface area contributed by atoms with E-state index < -0.39 is 0 Å².